The average molecular weight is 475 g/mol. The van der Waals surface area contributed by atoms with E-state index in [1.807, 2.05) is 66.7 Å². The van der Waals surface area contributed by atoms with E-state index in [-0.39, 0.29) is 5.78 Å². The Kier molecular flexibility index (Phi) is 5.06. The Balaban J connectivity index is 1.40. The van der Waals surface area contributed by atoms with E-state index in [9.17, 15) is 4.79 Å². The quantitative estimate of drug-likeness (QED) is 0.185. The fraction of sp³-hybridized carbons (Fsp3) is 0.0435. The van der Waals surface area contributed by atoms with Crippen molar-refractivity contribution in [3.63, 3.8) is 0 Å². The Hall–Kier alpha value is -3.03. The maximum atomic E-state index is 12.8. The second-order valence-corrected chi connectivity index (χ2v) is 8.60. The van der Waals surface area contributed by atoms with Gasteiger partial charge in [0.15, 0.2) is 11.4 Å². The van der Waals surface area contributed by atoms with Crippen LogP contribution in [-0.4, -0.2) is 31.3 Å². The van der Waals surface area contributed by atoms with Gasteiger partial charge in [-0.25, -0.2) is 14.6 Å². The van der Waals surface area contributed by atoms with Crippen LogP contribution in [0.1, 0.15) is 10.4 Å². The zero-order valence-electron chi connectivity index (χ0n) is 15.7. The molecular weight excluding hydrogens is 460 g/mol. The first-order chi connectivity index (χ1) is 14.7. The van der Waals surface area contributed by atoms with Crippen LogP contribution in [0.15, 0.2) is 88.8 Å². The number of benzene rings is 3. The molecule has 0 spiro atoms. The van der Waals surface area contributed by atoms with Gasteiger partial charge < -0.3 is 0 Å². The van der Waals surface area contributed by atoms with Gasteiger partial charge in [-0.1, -0.05) is 64.1 Å². The highest BCUT2D eigenvalue weighted by atomic mass is 79.9. The lowest BCUT2D eigenvalue weighted by Crippen LogP contribution is -2.03. The molecule has 3 aromatic carbocycles. The second kappa shape index (κ2) is 8.01. The number of thioether (sulfide) groups is 1. The molecule has 7 heteroatoms. The van der Waals surface area contributed by atoms with Gasteiger partial charge >= 0.3 is 0 Å². The SMILES string of the molecule is O=C(CSc1ncnc2c1cnn2-c1ccc(Br)cc1)c1ccc2ccccc2c1. The van der Waals surface area contributed by atoms with Crippen LogP contribution in [0.25, 0.3) is 27.5 Å². The Morgan fingerprint density at radius 3 is 2.60 bits per heavy atom. The van der Waals surface area contributed by atoms with Crippen molar-refractivity contribution in [2.45, 2.75) is 5.03 Å². The van der Waals surface area contributed by atoms with Crippen LogP contribution < -0.4 is 0 Å². The van der Waals surface area contributed by atoms with Crippen molar-refractivity contribution in [3.8, 4) is 5.69 Å². The number of fused-ring (bicyclic) bond motifs is 2. The van der Waals surface area contributed by atoms with E-state index in [4.69, 9.17) is 0 Å². The fourth-order valence-corrected chi connectivity index (χ4v) is 4.41. The summed E-state index contributed by atoms with van der Waals surface area (Å²) in [6.45, 7) is 0. The molecule has 0 N–H and O–H groups in total. The molecule has 0 radical (unpaired) electrons. The number of rotatable bonds is 5. The summed E-state index contributed by atoms with van der Waals surface area (Å²) < 4.78 is 2.78. The molecule has 2 heterocycles. The molecule has 2 aromatic heterocycles. The predicted octanol–water partition coefficient (Wildman–Crippen LogP) is 5.71. The monoisotopic (exact) mass is 474 g/mol. The topological polar surface area (TPSA) is 60.7 Å². The Labute approximate surface area is 185 Å². The smallest absolute Gasteiger partial charge is 0.173 e. The lowest BCUT2D eigenvalue weighted by molar-refractivity contribution is 0.102. The molecule has 5 aromatic rings. The molecule has 0 aliphatic carbocycles. The van der Waals surface area contributed by atoms with Gasteiger partial charge in [0.05, 0.1) is 23.0 Å². The van der Waals surface area contributed by atoms with Crippen molar-refractivity contribution in [1.82, 2.24) is 19.7 Å². The molecule has 0 amide bonds. The van der Waals surface area contributed by atoms with Crippen LogP contribution in [0.3, 0.4) is 0 Å². The van der Waals surface area contributed by atoms with Crippen molar-refractivity contribution in [1.29, 1.82) is 0 Å². The molecular formula is C23H15BrN4OS. The minimum absolute atomic E-state index is 0.0674. The summed E-state index contributed by atoms with van der Waals surface area (Å²) in [7, 11) is 0. The van der Waals surface area contributed by atoms with E-state index in [1.54, 1.807) is 10.9 Å². The maximum Gasteiger partial charge on any atom is 0.173 e. The highest BCUT2D eigenvalue weighted by Gasteiger charge is 2.14. The number of halogens is 1. The predicted molar refractivity (Wildman–Crippen MR) is 123 cm³/mol. The molecule has 0 bridgehead atoms. The Morgan fingerprint density at radius 2 is 1.77 bits per heavy atom. The third-order valence-electron chi connectivity index (χ3n) is 4.81. The van der Waals surface area contributed by atoms with Gasteiger partial charge in [-0.15, -0.1) is 0 Å². The number of hydrogen-bond acceptors (Lipinski definition) is 5. The van der Waals surface area contributed by atoms with Crippen molar-refractivity contribution in [2.75, 3.05) is 5.75 Å². The average Bonchev–Trinajstić information content (AvgIpc) is 3.22. The van der Waals surface area contributed by atoms with E-state index >= 15 is 0 Å². The van der Waals surface area contributed by atoms with E-state index in [0.717, 1.165) is 31.3 Å². The molecule has 0 atom stereocenters. The number of aromatic nitrogens is 4. The van der Waals surface area contributed by atoms with E-state index < -0.39 is 0 Å². The molecule has 5 rings (SSSR count). The minimum atomic E-state index is 0.0674. The lowest BCUT2D eigenvalue weighted by Gasteiger charge is -2.05. The van der Waals surface area contributed by atoms with Crippen molar-refractivity contribution < 1.29 is 4.79 Å². The molecule has 0 aliphatic heterocycles. The van der Waals surface area contributed by atoms with Gasteiger partial charge in [-0.3, -0.25) is 4.79 Å². The normalized spacial score (nSPS) is 11.2. The summed E-state index contributed by atoms with van der Waals surface area (Å²) in [6, 6.07) is 21.7. The molecule has 0 fully saturated rings. The van der Waals surface area contributed by atoms with E-state index in [1.165, 1.54) is 18.1 Å². The first-order valence-corrected chi connectivity index (χ1v) is 11.1. The molecule has 0 saturated heterocycles. The summed E-state index contributed by atoms with van der Waals surface area (Å²) in [5.41, 5.74) is 2.33. The number of hydrogen-bond donors (Lipinski definition) is 0. The molecule has 30 heavy (non-hydrogen) atoms. The summed E-state index contributed by atoms with van der Waals surface area (Å²) >= 11 is 4.85. The summed E-state index contributed by atoms with van der Waals surface area (Å²) in [5.74, 6) is 0.367. The third-order valence-corrected chi connectivity index (χ3v) is 6.35. The molecule has 146 valence electrons. The van der Waals surface area contributed by atoms with Crippen LogP contribution in [0.5, 0.6) is 0 Å². The van der Waals surface area contributed by atoms with Crippen LogP contribution in [0.2, 0.25) is 0 Å². The van der Waals surface area contributed by atoms with E-state index in [0.29, 0.717) is 17.0 Å². The standard InChI is InChI=1S/C23H15BrN4OS/c24-18-7-9-19(10-8-18)28-22-20(12-27-28)23(26-14-25-22)30-13-21(29)17-6-5-15-3-1-2-4-16(15)11-17/h1-12,14H,13H2. The van der Waals surface area contributed by atoms with Crippen LogP contribution in [-0.2, 0) is 0 Å². The Bertz CT molecular complexity index is 1380. The van der Waals surface area contributed by atoms with Gasteiger partial charge in [0, 0.05) is 10.0 Å². The second-order valence-electron chi connectivity index (χ2n) is 6.72. The van der Waals surface area contributed by atoms with Gasteiger partial charge in [0.1, 0.15) is 11.4 Å². The number of ketones is 1. The minimum Gasteiger partial charge on any atom is -0.293 e. The van der Waals surface area contributed by atoms with Crippen LogP contribution in [0.4, 0.5) is 0 Å². The Morgan fingerprint density at radius 1 is 0.967 bits per heavy atom. The van der Waals surface area contributed by atoms with Crippen LogP contribution in [0, 0.1) is 0 Å². The summed E-state index contributed by atoms with van der Waals surface area (Å²) in [5, 5.41) is 8.24. The first kappa shape index (κ1) is 19.0. The summed E-state index contributed by atoms with van der Waals surface area (Å²) in [6.07, 6.45) is 3.27. The van der Waals surface area contributed by atoms with Crippen LogP contribution >= 0.6 is 27.7 Å². The third kappa shape index (κ3) is 3.62. The van der Waals surface area contributed by atoms with Gasteiger partial charge in [0.25, 0.3) is 0 Å². The lowest BCUT2D eigenvalue weighted by atomic mass is 10.1. The van der Waals surface area contributed by atoms with Crippen molar-refractivity contribution in [2.24, 2.45) is 0 Å². The van der Waals surface area contributed by atoms with E-state index in [2.05, 4.69) is 31.0 Å². The highest BCUT2D eigenvalue weighted by molar-refractivity contribution is 9.10. The van der Waals surface area contributed by atoms with Gasteiger partial charge in [0.2, 0.25) is 0 Å². The zero-order valence-corrected chi connectivity index (χ0v) is 18.1. The number of nitrogens with zero attached hydrogens (tertiary/aromatic N) is 4. The summed E-state index contributed by atoms with van der Waals surface area (Å²) in [4.78, 5) is 21.5. The van der Waals surface area contributed by atoms with Crippen molar-refractivity contribution in [3.05, 3.63) is 89.3 Å². The molecule has 0 saturated carbocycles. The highest BCUT2D eigenvalue weighted by Crippen LogP contribution is 2.27. The molecule has 0 unspecified atom stereocenters. The molecule has 5 nitrogen and oxygen atoms in total. The van der Waals surface area contributed by atoms with Gasteiger partial charge in [-0.2, -0.15) is 5.10 Å². The van der Waals surface area contributed by atoms with Gasteiger partial charge in [-0.05, 0) is 41.1 Å². The maximum absolute atomic E-state index is 12.8. The number of carbonyl (C=O) groups excluding carboxylic acids is 1. The largest absolute Gasteiger partial charge is 0.293 e. The molecule has 0 aliphatic rings. The number of Topliss-reactive ketones (excluding diaryl/α,β-unsaturated/α-hetero) is 1. The number of carbonyl (C=O) groups is 1. The fourth-order valence-electron chi connectivity index (χ4n) is 3.29. The van der Waals surface area contributed by atoms with Crippen molar-refractivity contribution >= 4 is 55.3 Å². The zero-order chi connectivity index (χ0) is 20.5. The first-order valence-electron chi connectivity index (χ1n) is 9.28.